The summed E-state index contributed by atoms with van der Waals surface area (Å²) >= 11 is 0. The third kappa shape index (κ3) is 3.43. The summed E-state index contributed by atoms with van der Waals surface area (Å²) in [5.74, 6) is 1.28. The highest BCUT2D eigenvalue weighted by atomic mass is 16.3. The van der Waals surface area contributed by atoms with Crippen LogP contribution in [0, 0.1) is 25.2 Å². The van der Waals surface area contributed by atoms with Crippen LogP contribution in [-0.2, 0) is 0 Å². The molecule has 0 aliphatic rings. The number of unbranched alkanes of at least 4 members (excludes halogenated alkanes) is 2. The topological polar surface area (TPSA) is 66.0 Å². The van der Waals surface area contributed by atoms with Crippen molar-refractivity contribution >= 4 is 5.91 Å². The second kappa shape index (κ2) is 5.96. The van der Waals surface area contributed by atoms with Crippen LogP contribution in [0.1, 0.15) is 41.1 Å². The van der Waals surface area contributed by atoms with Gasteiger partial charge in [0.15, 0.2) is 0 Å². The molecular weight excluding hydrogens is 204 g/mol. The van der Waals surface area contributed by atoms with Gasteiger partial charge in [-0.2, -0.15) is 5.26 Å². The SMILES string of the molecule is Cc1cc(C(=O)NCCCCC#N)c(C)o1. The summed E-state index contributed by atoms with van der Waals surface area (Å²) in [5, 5.41) is 11.1. The van der Waals surface area contributed by atoms with Gasteiger partial charge in [0, 0.05) is 13.0 Å². The highest BCUT2D eigenvalue weighted by Gasteiger charge is 2.12. The highest BCUT2D eigenvalue weighted by molar-refractivity contribution is 5.95. The molecule has 4 nitrogen and oxygen atoms in total. The molecule has 0 aromatic carbocycles. The average molecular weight is 220 g/mol. The molecule has 0 aliphatic carbocycles. The van der Waals surface area contributed by atoms with Crippen LogP contribution in [-0.4, -0.2) is 12.5 Å². The second-order valence-electron chi connectivity index (χ2n) is 3.70. The van der Waals surface area contributed by atoms with Gasteiger partial charge in [0.05, 0.1) is 11.6 Å². The van der Waals surface area contributed by atoms with E-state index in [0.29, 0.717) is 24.3 Å². The molecule has 0 aliphatic heterocycles. The maximum absolute atomic E-state index is 11.7. The van der Waals surface area contributed by atoms with Crippen LogP contribution in [0.25, 0.3) is 0 Å². The standard InChI is InChI=1S/C12H16N2O2/c1-9-8-11(10(2)16-9)12(15)14-7-5-3-4-6-13/h8H,3-5,7H2,1-2H3,(H,14,15). The quantitative estimate of drug-likeness (QED) is 0.774. The van der Waals surface area contributed by atoms with E-state index in [-0.39, 0.29) is 5.91 Å². The Bertz CT molecular complexity index is 402. The van der Waals surface area contributed by atoms with E-state index in [2.05, 4.69) is 11.4 Å². The van der Waals surface area contributed by atoms with Crippen LogP contribution in [0.15, 0.2) is 10.5 Å². The zero-order valence-corrected chi connectivity index (χ0v) is 9.67. The first-order chi connectivity index (χ1) is 7.65. The fraction of sp³-hybridized carbons (Fsp3) is 0.500. The van der Waals surface area contributed by atoms with Crippen molar-refractivity contribution < 1.29 is 9.21 Å². The molecule has 0 bridgehead atoms. The lowest BCUT2D eigenvalue weighted by Gasteiger charge is -2.02. The summed E-state index contributed by atoms with van der Waals surface area (Å²) in [4.78, 5) is 11.7. The number of nitrogens with zero attached hydrogens (tertiary/aromatic N) is 1. The van der Waals surface area contributed by atoms with Gasteiger partial charge in [0.25, 0.3) is 5.91 Å². The molecule has 1 aromatic heterocycles. The van der Waals surface area contributed by atoms with Crippen molar-refractivity contribution in [3.8, 4) is 6.07 Å². The smallest absolute Gasteiger partial charge is 0.254 e. The van der Waals surface area contributed by atoms with Gasteiger partial charge in [-0.3, -0.25) is 4.79 Å². The van der Waals surface area contributed by atoms with E-state index in [4.69, 9.17) is 9.68 Å². The third-order valence-electron chi connectivity index (χ3n) is 2.29. The molecule has 0 radical (unpaired) electrons. The van der Waals surface area contributed by atoms with Crippen LogP contribution < -0.4 is 5.32 Å². The number of hydrogen-bond donors (Lipinski definition) is 1. The van der Waals surface area contributed by atoms with Crippen molar-refractivity contribution in [2.24, 2.45) is 0 Å². The van der Waals surface area contributed by atoms with Crippen molar-refractivity contribution in [1.82, 2.24) is 5.32 Å². The molecule has 0 saturated heterocycles. The molecule has 0 spiro atoms. The van der Waals surface area contributed by atoms with Gasteiger partial charge in [-0.15, -0.1) is 0 Å². The normalized spacial score (nSPS) is 9.81. The average Bonchev–Trinajstić information content (AvgIpc) is 2.57. The van der Waals surface area contributed by atoms with E-state index >= 15 is 0 Å². The number of hydrogen-bond acceptors (Lipinski definition) is 3. The Morgan fingerprint density at radius 1 is 1.50 bits per heavy atom. The van der Waals surface area contributed by atoms with Crippen molar-refractivity contribution in [2.45, 2.75) is 33.1 Å². The Labute approximate surface area is 95.2 Å². The monoisotopic (exact) mass is 220 g/mol. The maximum Gasteiger partial charge on any atom is 0.254 e. The number of carbonyl (C=O) groups excluding carboxylic acids is 1. The summed E-state index contributed by atoms with van der Waals surface area (Å²) < 4.78 is 5.28. The van der Waals surface area contributed by atoms with Gasteiger partial charge < -0.3 is 9.73 Å². The van der Waals surface area contributed by atoms with Crippen molar-refractivity contribution in [3.05, 3.63) is 23.2 Å². The molecule has 16 heavy (non-hydrogen) atoms. The van der Waals surface area contributed by atoms with E-state index in [1.54, 1.807) is 13.0 Å². The van der Waals surface area contributed by atoms with Crippen molar-refractivity contribution in [2.75, 3.05) is 6.54 Å². The van der Waals surface area contributed by atoms with E-state index in [0.717, 1.165) is 18.6 Å². The predicted octanol–water partition coefficient (Wildman–Crippen LogP) is 2.32. The van der Waals surface area contributed by atoms with Gasteiger partial charge in [-0.05, 0) is 32.8 Å². The highest BCUT2D eigenvalue weighted by Crippen LogP contribution is 2.13. The predicted molar refractivity (Wildman–Crippen MR) is 60.0 cm³/mol. The Kier molecular flexibility index (Phi) is 4.59. The number of carbonyl (C=O) groups is 1. The minimum Gasteiger partial charge on any atom is -0.466 e. The molecule has 1 N–H and O–H groups in total. The fourth-order valence-corrected chi connectivity index (χ4v) is 1.48. The molecule has 1 aromatic rings. The summed E-state index contributed by atoms with van der Waals surface area (Å²) in [6, 6.07) is 3.81. The van der Waals surface area contributed by atoms with Crippen molar-refractivity contribution in [3.63, 3.8) is 0 Å². The summed E-state index contributed by atoms with van der Waals surface area (Å²) in [5.41, 5.74) is 0.595. The largest absolute Gasteiger partial charge is 0.466 e. The number of rotatable bonds is 5. The first-order valence-electron chi connectivity index (χ1n) is 5.37. The molecule has 0 saturated carbocycles. The van der Waals surface area contributed by atoms with Gasteiger partial charge in [0.2, 0.25) is 0 Å². The zero-order chi connectivity index (χ0) is 12.0. The first-order valence-corrected chi connectivity index (χ1v) is 5.37. The van der Waals surface area contributed by atoms with Gasteiger partial charge in [0.1, 0.15) is 11.5 Å². The van der Waals surface area contributed by atoms with Crippen LogP contribution >= 0.6 is 0 Å². The number of furan rings is 1. The molecule has 0 fully saturated rings. The van der Waals surface area contributed by atoms with Crippen LogP contribution in [0.3, 0.4) is 0 Å². The van der Waals surface area contributed by atoms with E-state index in [1.807, 2.05) is 6.92 Å². The molecule has 1 heterocycles. The maximum atomic E-state index is 11.7. The number of nitrogens with one attached hydrogen (secondary N) is 1. The lowest BCUT2D eigenvalue weighted by atomic mass is 10.2. The van der Waals surface area contributed by atoms with Crippen molar-refractivity contribution in [1.29, 1.82) is 5.26 Å². The molecule has 1 amide bonds. The van der Waals surface area contributed by atoms with E-state index < -0.39 is 0 Å². The van der Waals surface area contributed by atoms with Gasteiger partial charge in [-0.1, -0.05) is 0 Å². The summed E-state index contributed by atoms with van der Waals surface area (Å²) in [6.07, 6.45) is 2.19. The Balaban J connectivity index is 2.36. The minimum atomic E-state index is -0.105. The summed E-state index contributed by atoms with van der Waals surface area (Å²) in [7, 11) is 0. The Morgan fingerprint density at radius 2 is 2.25 bits per heavy atom. The van der Waals surface area contributed by atoms with Crippen LogP contribution in [0.5, 0.6) is 0 Å². The van der Waals surface area contributed by atoms with Crippen LogP contribution in [0.4, 0.5) is 0 Å². The van der Waals surface area contributed by atoms with Gasteiger partial charge >= 0.3 is 0 Å². The lowest BCUT2D eigenvalue weighted by molar-refractivity contribution is 0.0951. The second-order valence-corrected chi connectivity index (χ2v) is 3.70. The molecule has 4 heteroatoms. The lowest BCUT2D eigenvalue weighted by Crippen LogP contribution is -2.24. The molecule has 1 rings (SSSR count). The first kappa shape index (κ1) is 12.3. The van der Waals surface area contributed by atoms with E-state index in [1.165, 1.54) is 0 Å². The number of nitriles is 1. The molecule has 86 valence electrons. The molecular formula is C12H16N2O2. The van der Waals surface area contributed by atoms with Gasteiger partial charge in [-0.25, -0.2) is 0 Å². The van der Waals surface area contributed by atoms with Crippen LogP contribution in [0.2, 0.25) is 0 Å². The number of amides is 1. The number of aryl methyl sites for hydroxylation is 2. The zero-order valence-electron chi connectivity index (χ0n) is 9.67. The Hall–Kier alpha value is -1.76. The van der Waals surface area contributed by atoms with E-state index in [9.17, 15) is 4.79 Å². The molecule has 0 atom stereocenters. The fourth-order valence-electron chi connectivity index (χ4n) is 1.48. The minimum absolute atomic E-state index is 0.105. The Morgan fingerprint density at radius 3 is 2.81 bits per heavy atom. The molecule has 0 unspecified atom stereocenters. The summed E-state index contributed by atoms with van der Waals surface area (Å²) in [6.45, 7) is 4.19. The third-order valence-corrected chi connectivity index (χ3v) is 2.29.